The molecule has 4 rings (SSSR count). The molecule has 1 aromatic heterocycles. The molecule has 0 spiro atoms. The fourth-order valence-electron chi connectivity index (χ4n) is 4.05. The SMILES string of the molecule is CCc1ccc(/C=C2\CCCc3c2nc2ccccc2c3C(=O)[O-])cc1[N+](=O)[O-]. The molecular formula is C23H19N2O4-. The molecule has 0 saturated heterocycles. The van der Waals surface area contributed by atoms with Crippen molar-refractivity contribution in [1.29, 1.82) is 0 Å². The summed E-state index contributed by atoms with van der Waals surface area (Å²) in [5, 5.41) is 23.9. The molecule has 0 fully saturated rings. The lowest BCUT2D eigenvalue weighted by atomic mass is 9.86. The van der Waals surface area contributed by atoms with Crippen LogP contribution in [0.3, 0.4) is 0 Å². The second-order valence-corrected chi connectivity index (χ2v) is 7.14. The largest absolute Gasteiger partial charge is 0.545 e. The number of nitrogens with zero attached hydrogens (tertiary/aromatic N) is 2. The molecule has 0 aliphatic heterocycles. The van der Waals surface area contributed by atoms with Crippen molar-refractivity contribution in [3.63, 3.8) is 0 Å². The Morgan fingerprint density at radius 3 is 2.72 bits per heavy atom. The number of para-hydroxylation sites is 1. The van der Waals surface area contributed by atoms with Crippen LogP contribution in [-0.4, -0.2) is 15.9 Å². The summed E-state index contributed by atoms with van der Waals surface area (Å²) in [7, 11) is 0. The van der Waals surface area contributed by atoms with Gasteiger partial charge < -0.3 is 9.90 Å². The quantitative estimate of drug-likeness (QED) is 0.499. The Balaban J connectivity index is 1.91. The topological polar surface area (TPSA) is 96.2 Å². The van der Waals surface area contributed by atoms with Crippen molar-refractivity contribution in [2.75, 3.05) is 0 Å². The number of carboxylic acid groups (broad SMARTS) is 1. The second kappa shape index (κ2) is 7.47. The number of nitro groups is 1. The molecule has 0 N–H and O–H groups in total. The zero-order chi connectivity index (χ0) is 20.5. The number of hydrogen-bond acceptors (Lipinski definition) is 5. The first-order valence-corrected chi connectivity index (χ1v) is 9.60. The van der Waals surface area contributed by atoms with Crippen molar-refractivity contribution in [2.45, 2.75) is 32.6 Å². The van der Waals surface area contributed by atoms with E-state index in [2.05, 4.69) is 0 Å². The molecule has 0 saturated carbocycles. The summed E-state index contributed by atoms with van der Waals surface area (Å²) < 4.78 is 0. The summed E-state index contributed by atoms with van der Waals surface area (Å²) in [5.74, 6) is -1.20. The van der Waals surface area contributed by atoms with Gasteiger partial charge in [0.15, 0.2) is 0 Å². The number of aryl methyl sites for hydroxylation is 1. The number of nitro benzene ring substituents is 1. The van der Waals surface area contributed by atoms with E-state index in [-0.39, 0.29) is 16.2 Å². The van der Waals surface area contributed by atoms with Crippen molar-refractivity contribution in [2.24, 2.45) is 0 Å². The van der Waals surface area contributed by atoms with Crippen LogP contribution in [0.2, 0.25) is 0 Å². The van der Waals surface area contributed by atoms with Gasteiger partial charge in [-0.25, -0.2) is 4.98 Å². The molecule has 1 heterocycles. The monoisotopic (exact) mass is 387 g/mol. The predicted octanol–water partition coefficient (Wildman–Crippen LogP) is 3.95. The Morgan fingerprint density at radius 2 is 2.00 bits per heavy atom. The van der Waals surface area contributed by atoms with Crippen LogP contribution in [0.4, 0.5) is 5.69 Å². The van der Waals surface area contributed by atoms with E-state index in [9.17, 15) is 20.0 Å². The third-order valence-corrected chi connectivity index (χ3v) is 5.40. The third kappa shape index (κ3) is 3.38. The third-order valence-electron chi connectivity index (χ3n) is 5.40. The highest BCUT2D eigenvalue weighted by atomic mass is 16.6. The Kier molecular flexibility index (Phi) is 4.84. The van der Waals surface area contributed by atoms with E-state index in [1.807, 2.05) is 25.1 Å². The van der Waals surface area contributed by atoms with Gasteiger partial charge in [0.1, 0.15) is 0 Å². The number of fused-ring (bicyclic) bond motifs is 2. The fourth-order valence-corrected chi connectivity index (χ4v) is 4.05. The van der Waals surface area contributed by atoms with Crippen LogP contribution >= 0.6 is 0 Å². The van der Waals surface area contributed by atoms with E-state index in [1.54, 1.807) is 30.3 Å². The standard InChI is InChI=1S/C23H20N2O4/c1-2-15-11-10-14(13-20(15)25(28)29)12-16-6-5-8-18-21(23(26)27)17-7-3-4-9-19(17)24-22(16)18/h3-4,7,9-13H,2,5-6,8H2,1H3,(H,26,27)/p-1/b16-12+. The minimum atomic E-state index is -1.20. The molecule has 1 aliphatic carbocycles. The number of allylic oxidation sites excluding steroid dienone is 1. The van der Waals surface area contributed by atoms with Gasteiger partial charge in [0.2, 0.25) is 0 Å². The molecule has 146 valence electrons. The highest BCUT2D eigenvalue weighted by Gasteiger charge is 2.22. The van der Waals surface area contributed by atoms with Gasteiger partial charge >= 0.3 is 0 Å². The van der Waals surface area contributed by atoms with E-state index in [4.69, 9.17) is 4.98 Å². The van der Waals surface area contributed by atoms with Gasteiger partial charge in [-0.15, -0.1) is 0 Å². The summed E-state index contributed by atoms with van der Waals surface area (Å²) in [6.07, 6.45) is 4.59. The van der Waals surface area contributed by atoms with E-state index in [0.717, 1.165) is 18.4 Å². The first-order chi connectivity index (χ1) is 14.0. The summed E-state index contributed by atoms with van der Waals surface area (Å²) in [6.45, 7) is 1.88. The molecule has 0 atom stereocenters. The maximum absolute atomic E-state index is 11.9. The molecular weight excluding hydrogens is 368 g/mol. The maximum atomic E-state index is 11.9. The van der Waals surface area contributed by atoms with Crippen molar-refractivity contribution < 1.29 is 14.8 Å². The number of aromatic carboxylic acids is 1. The number of benzene rings is 2. The van der Waals surface area contributed by atoms with Gasteiger partial charge in [0.25, 0.3) is 5.69 Å². The van der Waals surface area contributed by atoms with Gasteiger partial charge in [-0.3, -0.25) is 10.1 Å². The first kappa shape index (κ1) is 18.8. The number of carbonyl (C=O) groups is 1. The van der Waals surface area contributed by atoms with Crippen LogP contribution in [0.1, 0.15) is 52.5 Å². The van der Waals surface area contributed by atoms with Crippen LogP contribution < -0.4 is 5.11 Å². The summed E-state index contributed by atoms with van der Waals surface area (Å²) in [6, 6.07) is 12.3. The molecule has 2 aromatic carbocycles. The first-order valence-electron chi connectivity index (χ1n) is 9.60. The number of rotatable bonds is 4. The lowest BCUT2D eigenvalue weighted by Gasteiger charge is -2.23. The smallest absolute Gasteiger partial charge is 0.273 e. The minimum Gasteiger partial charge on any atom is -0.545 e. The molecule has 6 nitrogen and oxygen atoms in total. The van der Waals surface area contributed by atoms with Crippen molar-refractivity contribution >= 4 is 34.2 Å². The van der Waals surface area contributed by atoms with Crippen molar-refractivity contribution in [3.05, 3.63) is 80.5 Å². The van der Waals surface area contributed by atoms with Crippen LogP contribution in [0, 0.1) is 10.1 Å². The fraction of sp³-hybridized carbons (Fsp3) is 0.217. The normalized spacial score (nSPS) is 14.7. The maximum Gasteiger partial charge on any atom is 0.273 e. The van der Waals surface area contributed by atoms with E-state index < -0.39 is 5.97 Å². The van der Waals surface area contributed by atoms with Gasteiger partial charge in [0, 0.05) is 22.6 Å². The molecule has 6 heteroatoms. The van der Waals surface area contributed by atoms with Crippen LogP contribution in [0.5, 0.6) is 0 Å². The summed E-state index contributed by atoms with van der Waals surface area (Å²) >= 11 is 0. The van der Waals surface area contributed by atoms with Crippen molar-refractivity contribution in [3.8, 4) is 0 Å². The van der Waals surface area contributed by atoms with Gasteiger partial charge in [0.05, 0.1) is 22.1 Å². The van der Waals surface area contributed by atoms with Crippen LogP contribution in [-0.2, 0) is 12.8 Å². The zero-order valence-corrected chi connectivity index (χ0v) is 16.0. The molecule has 0 amide bonds. The molecule has 3 aromatic rings. The highest BCUT2D eigenvalue weighted by molar-refractivity contribution is 6.05. The van der Waals surface area contributed by atoms with Crippen LogP contribution in [0.15, 0.2) is 42.5 Å². The highest BCUT2D eigenvalue weighted by Crippen LogP contribution is 2.36. The lowest BCUT2D eigenvalue weighted by molar-refractivity contribution is -0.385. The molecule has 0 bridgehead atoms. The number of carboxylic acids is 1. The Morgan fingerprint density at radius 1 is 1.21 bits per heavy atom. The molecule has 0 unspecified atom stereocenters. The van der Waals surface area contributed by atoms with Gasteiger partial charge in [-0.1, -0.05) is 37.3 Å². The summed E-state index contributed by atoms with van der Waals surface area (Å²) in [5.41, 5.74) is 4.51. The molecule has 1 aliphatic rings. The lowest BCUT2D eigenvalue weighted by Crippen LogP contribution is -2.26. The van der Waals surface area contributed by atoms with E-state index >= 15 is 0 Å². The average molecular weight is 387 g/mol. The number of aromatic nitrogens is 1. The average Bonchev–Trinajstić information content (AvgIpc) is 2.72. The Labute approximate surface area is 167 Å². The number of hydrogen-bond donors (Lipinski definition) is 0. The number of pyridine rings is 1. The zero-order valence-electron chi connectivity index (χ0n) is 16.0. The van der Waals surface area contributed by atoms with E-state index in [1.165, 1.54) is 0 Å². The van der Waals surface area contributed by atoms with Crippen LogP contribution in [0.25, 0.3) is 22.6 Å². The second-order valence-electron chi connectivity index (χ2n) is 7.14. The van der Waals surface area contributed by atoms with E-state index in [0.29, 0.717) is 46.1 Å². The number of carbonyl (C=O) groups excluding carboxylic acids is 1. The molecule has 29 heavy (non-hydrogen) atoms. The summed E-state index contributed by atoms with van der Waals surface area (Å²) in [4.78, 5) is 27.7. The van der Waals surface area contributed by atoms with Gasteiger partial charge in [-0.05, 0) is 54.5 Å². The van der Waals surface area contributed by atoms with Crippen molar-refractivity contribution in [1.82, 2.24) is 4.98 Å². The predicted molar refractivity (Wildman–Crippen MR) is 109 cm³/mol. The van der Waals surface area contributed by atoms with Gasteiger partial charge in [-0.2, -0.15) is 0 Å². The Bertz CT molecular complexity index is 1180. The minimum absolute atomic E-state index is 0.0970. The Hall–Kier alpha value is -3.54. The molecule has 0 radical (unpaired) electrons.